The first-order chi connectivity index (χ1) is 43.2. The van der Waals surface area contributed by atoms with E-state index < -0.39 is 0 Å². The van der Waals surface area contributed by atoms with Gasteiger partial charge in [-0.3, -0.25) is 28.1 Å². The Morgan fingerprint density at radius 2 is 1.08 bits per heavy atom. The van der Waals surface area contributed by atoms with Crippen LogP contribution in [0.4, 0.5) is 0 Å². The molecule has 13 aromatic rings. The molecule has 0 aromatic carbocycles. The molecule has 0 spiro atoms. The third-order valence-electron chi connectivity index (χ3n) is 9.35. The Bertz CT molecular complexity index is 3360. The molecule has 0 aliphatic rings. The Morgan fingerprint density at radius 1 is 0.479 bits per heavy atom. The fourth-order valence-corrected chi connectivity index (χ4v) is 6.93. The minimum Gasteiger partial charge on any atom is -0.324 e. The number of aryl methyl sites for hydroxylation is 3. The molecule has 0 amide bonds. The van der Waals surface area contributed by atoms with Crippen molar-refractivity contribution in [3.8, 4) is 0 Å². The number of pyridine rings is 2. The third kappa shape index (κ3) is 50.8. The molecule has 0 saturated carbocycles. The number of hydrogen-bond donors (Lipinski definition) is 0. The van der Waals surface area contributed by atoms with Gasteiger partial charge in [-0.05, 0) is 73.7 Å². The van der Waals surface area contributed by atoms with Crippen LogP contribution in [0.5, 0.6) is 0 Å². The predicted molar refractivity (Wildman–Crippen MR) is 354 cm³/mol. The van der Waals surface area contributed by atoms with Crippen molar-refractivity contribution in [3.63, 3.8) is 0 Å². The number of aromatic nitrogens is 19. The molecule has 19 nitrogen and oxygen atoms in total. The van der Waals surface area contributed by atoms with Gasteiger partial charge in [0.05, 0.1) is 11.7 Å². The van der Waals surface area contributed by atoms with Crippen molar-refractivity contribution in [1.82, 2.24) is 92.5 Å². The first-order valence-electron chi connectivity index (χ1n) is 28.8. The predicted octanol–water partition coefficient (Wildman–Crippen LogP) is 13.4. The first kappa shape index (κ1) is 114. The average Bonchev–Trinajstić information content (AvgIpc) is 1.80. The quantitative estimate of drug-likeness (QED) is 0.137. The largest absolute Gasteiger partial charge is 0.324 e. The van der Waals surface area contributed by atoms with Crippen LogP contribution in [0.2, 0.25) is 0 Å². The molecule has 0 aliphatic heterocycles. The van der Waals surface area contributed by atoms with E-state index in [4.69, 9.17) is 19.7 Å². The summed E-state index contributed by atoms with van der Waals surface area (Å²) in [5, 5.41) is 34.3. The average molecular weight is 3000 g/mol. The Kier molecular flexibility index (Phi) is 95.5. The van der Waals surface area contributed by atoms with E-state index in [1.54, 1.807) is 52.9 Å². The summed E-state index contributed by atoms with van der Waals surface area (Å²) in [5.74, 6) is 3.27. The van der Waals surface area contributed by atoms with Crippen molar-refractivity contribution in [2.45, 2.75) is 117 Å². The Labute approximate surface area is 708 Å². The molecule has 0 aliphatic carbocycles. The fourth-order valence-electron chi connectivity index (χ4n) is 5.78. The van der Waals surface area contributed by atoms with Crippen LogP contribution in [0.25, 0.3) is 40.9 Å². The van der Waals surface area contributed by atoms with Crippen LogP contribution >= 0.6 is 0 Å². The van der Waals surface area contributed by atoms with Crippen LogP contribution in [0.15, 0.2) is 183 Å². The van der Waals surface area contributed by atoms with Gasteiger partial charge in [0.2, 0.25) is 0 Å². The topological polar surface area (TPSA) is 190 Å². The Morgan fingerprint density at radius 3 is 1.56 bits per heavy atom. The van der Waals surface area contributed by atoms with E-state index in [0.717, 1.165) is 53.0 Å². The summed E-state index contributed by atoms with van der Waals surface area (Å²) < 4.78 is 16.4. The van der Waals surface area contributed by atoms with Crippen LogP contribution in [0.1, 0.15) is 112 Å². The van der Waals surface area contributed by atoms with E-state index in [2.05, 4.69) is 105 Å². The first-order valence-corrected chi connectivity index (χ1v) is 32.2. The molecule has 96 heavy (non-hydrogen) atoms. The van der Waals surface area contributed by atoms with E-state index >= 15 is 0 Å². The van der Waals surface area contributed by atoms with Gasteiger partial charge in [-0.25, -0.2) is 24.2 Å². The molecule has 0 unspecified atom stereocenters. The second-order valence-corrected chi connectivity index (χ2v) is 17.0. The number of fused-ring (bicyclic) bond motifs is 4. The number of hydrogen-bond acceptors (Lipinski definition) is 10. The molecule has 0 bridgehead atoms. The van der Waals surface area contributed by atoms with Crippen molar-refractivity contribution in [2.24, 2.45) is 0 Å². The minimum absolute atomic E-state index is 0. The Balaban J connectivity index is -0.000000105. The van der Waals surface area contributed by atoms with E-state index in [-0.39, 0.29) is 169 Å². The standard InChI is InChI=1S/C8H7N.C7H7N3.C7H6N2.C6H5N3.C6H5N.C6H6N.C5H5N3.C5H6N3.C5H4N2.6C2H6.10W/c1-2-6-9-7-3-5-8(9)4-1;1-6-8-9-7-4-2-3-5-10(6)7;1-3-7-4-2-6-9(7)8-5-1;1-3-7-6-2-4-8-9(6)5-1;1-2-7-5-3-4-6-7;1-2-6-4-3-5-7-6;1-3-8-4-6-7-5(8)2;1-3-5-6-4(2)7-8-5;1-2-7-5-3-4-6-7;6*1-2;;;;;;;;;;/h1-7H;2-5H,1H3;1-6H;1-5H;1-5H;1,3-5H,2H2;1,3H,2H3;1H,3H2,2H3;1-4H;6*1-2H3;;;;;;;;;;/q;;;;-2;-1;-2;-1;-2;;;;;;;;;;;;;;3*+2. The maximum Gasteiger partial charge on any atom is 0.154 e. The summed E-state index contributed by atoms with van der Waals surface area (Å²) >= 11 is 2.97. The van der Waals surface area contributed by atoms with Crippen LogP contribution in [-0.4, -0.2) is 91.3 Å². The zero-order chi connectivity index (χ0) is 66.0. The van der Waals surface area contributed by atoms with Crippen molar-refractivity contribution < 1.29 is 207 Å². The van der Waals surface area contributed by atoms with E-state index in [1.807, 2.05) is 240 Å². The molecule has 0 radical (unpaired) electrons. The number of nitrogens with zero attached hydrogens (tertiary/aromatic N) is 19. The van der Waals surface area contributed by atoms with Crippen LogP contribution < -0.4 is 9.97 Å². The summed E-state index contributed by atoms with van der Waals surface area (Å²) in [4.78, 5) is 12.2. The van der Waals surface area contributed by atoms with Gasteiger partial charge < -0.3 is 38.0 Å². The molecule has 13 rings (SSSR count). The van der Waals surface area contributed by atoms with E-state index in [1.165, 1.54) is 77.8 Å². The van der Waals surface area contributed by atoms with Crippen molar-refractivity contribution in [1.29, 1.82) is 0 Å². The maximum atomic E-state index is 5.12. The minimum atomic E-state index is 0. The summed E-state index contributed by atoms with van der Waals surface area (Å²) in [6, 6.07) is 37.1. The third-order valence-corrected chi connectivity index (χ3v) is 10.6. The molecular weight excluding hydrogens is 2910 g/mol. The van der Waals surface area contributed by atoms with Gasteiger partial charge in [0, 0.05) is 172 Å². The smallest absolute Gasteiger partial charge is 0.154 e. The molecule has 512 valence electrons. The second kappa shape index (κ2) is 80.6. The molecule has 0 N–H and O–H groups in total. The van der Waals surface area contributed by atoms with Gasteiger partial charge in [-0.15, -0.1) is 28.5 Å². The monoisotopic (exact) mass is 3000 g/mol. The van der Waals surface area contributed by atoms with E-state index in [0.29, 0.717) is 0 Å². The normalized spacial score (nSPS) is 7.99. The summed E-state index contributed by atoms with van der Waals surface area (Å²) in [6.07, 6.45) is 34.4. The summed E-state index contributed by atoms with van der Waals surface area (Å²) in [6.45, 7) is 44.8. The summed E-state index contributed by atoms with van der Waals surface area (Å²) in [7, 11) is 0. The molecular formula is C67H87N19W10-2. The van der Waals surface area contributed by atoms with Gasteiger partial charge in [0.1, 0.15) is 5.82 Å². The molecule has 29 heteroatoms. The van der Waals surface area contributed by atoms with Crippen molar-refractivity contribution in [2.75, 3.05) is 0 Å². The van der Waals surface area contributed by atoms with Gasteiger partial charge >= 0.3 is 186 Å². The van der Waals surface area contributed by atoms with Crippen LogP contribution in [-0.2, 0) is 220 Å². The number of rotatable bonds is 7. The van der Waals surface area contributed by atoms with Gasteiger partial charge in [-0.2, -0.15) is 16.3 Å². The molecule has 0 saturated heterocycles. The molecule has 13 aromatic heterocycles. The van der Waals surface area contributed by atoms with Crippen molar-refractivity contribution in [3.05, 3.63) is 251 Å². The molecule has 13 heterocycles. The van der Waals surface area contributed by atoms with Gasteiger partial charge in [0.25, 0.3) is 0 Å². The molecule has 0 fully saturated rings. The van der Waals surface area contributed by atoms with Gasteiger partial charge in [0.15, 0.2) is 11.3 Å². The fraction of sp³-hybridized carbons (Fsp3) is 0.254. The Hall–Kier alpha value is -3.42. The summed E-state index contributed by atoms with van der Waals surface area (Å²) in [5.41, 5.74) is 5.35. The SMILES string of the molecule is CC.CC.CC.CC.CC.CC.Cc1nnc(C[CH]=[W])[n-]1.Cc1nnc2ccccn12.[CH-]=Cn1[c-]ccc1.[CH-]=Cn1[c-]ccn1.[CH-]=Cn1[c-]nnc1C.[W+2].[W+2].[W+2].[W].[W].[W].[W].[W].[W]=[CH]Cc1ccc[n-]1.c1ccn2cccc2c1.c1cnc2ccnn2c1.c1cnn2cccc2c1. The van der Waals surface area contributed by atoms with Crippen molar-refractivity contribution >= 4 is 49.7 Å². The van der Waals surface area contributed by atoms with Gasteiger partial charge in [-0.1, -0.05) is 121 Å². The zero-order valence-electron chi connectivity index (χ0n) is 56.9. The zero-order valence-corrected chi connectivity index (χ0v) is 86.3. The van der Waals surface area contributed by atoms with Crippen LogP contribution in [0, 0.1) is 59.2 Å². The maximum absolute atomic E-state index is 5.12. The van der Waals surface area contributed by atoms with Crippen LogP contribution in [0.3, 0.4) is 0 Å². The van der Waals surface area contributed by atoms with E-state index in [9.17, 15) is 0 Å². The molecule has 0 atom stereocenters. The second-order valence-electron chi connectivity index (χ2n) is 14.6.